The van der Waals surface area contributed by atoms with Gasteiger partial charge in [0, 0.05) is 19.7 Å². The van der Waals surface area contributed by atoms with E-state index in [4.69, 9.17) is 9.84 Å². The first kappa shape index (κ1) is 17.7. The zero-order valence-corrected chi connectivity index (χ0v) is 12.2. The molecule has 1 unspecified atom stereocenters. The second-order valence-electron chi connectivity index (χ2n) is 5.29. The molecule has 0 aliphatic carbocycles. The minimum Gasteiger partial charge on any atom is -0.481 e. The fraction of sp³-hybridized carbons (Fsp3) is 0.846. The topological polar surface area (TPSA) is 87.7 Å². The van der Waals surface area contributed by atoms with Crippen molar-refractivity contribution in [2.75, 3.05) is 26.3 Å². The molecule has 0 aromatic carbocycles. The van der Waals surface area contributed by atoms with E-state index < -0.39 is 11.9 Å². The van der Waals surface area contributed by atoms with Gasteiger partial charge in [-0.3, -0.25) is 4.79 Å². The van der Waals surface area contributed by atoms with E-state index >= 15 is 0 Å². The molecule has 0 rings (SSSR count). The van der Waals surface area contributed by atoms with Crippen LogP contribution in [-0.2, 0) is 9.53 Å². The quantitative estimate of drug-likeness (QED) is 0.553. The Kier molecular flexibility index (Phi) is 8.95. The lowest BCUT2D eigenvalue weighted by atomic mass is 9.96. The van der Waals surface area contributed by atoms with Crippen molar-refractivity contribution in [1.82, 2.24) is 10.6 Å². The van der Waals surface area contributed by atoms with E-state index in [2.05, 4.69) is 24.5 Å². The van der Waals surface area contributed by atoms with Crippen LogP contribution in [0, 0.1) is 17.8 Å². The number of rotatable bonds is 9. The predicted molar refractivity (Wildman–Crippen MR) is 73.0 cm³/mol. The number of amides is 2. The number of hydrogen-bond donors (Lipinski definition) is 3. The molecule has 0 saturated carbocycles. The second kappa shape index (κ2) is 9.61. The van der Waals surface area contributed by atoms with Gasteiger partial charge in [-0.15, -0.1) is 0 Å². The Bertz CT molecular complexity index is 280. The molecule has 112 valence electrons. The van der Waals surface area contributed by atoms with Crippen LogP contribution in [0.25, 0.3) is 0 Å². The number of urea groups is 1. The van der Waals surface area contributed by atoms with Crippen molar-refractivity contribution in [3.05, 3.63) is 0 Å². The highest BCUT2D eigenvalue weighted by atomic mass is 16.5. The lowest BCUT2D eigenvalue weighted by molar-refractivity contribution is -0.142. The zero-order chi connectivity index (χ0) is 14.8. The van der Waals surface area contributed by atoms with Crippen LogP contribution in [-0.4, -0.2) is 43.4 Å². The lowest BCUT2D eigenvalue weighted by Gasteiger charge is -2.17. The third-order valence-corrected chi connectivity index (χ3v) is 2.59. The highest BCUT2D eigenvalue weighted by molar-refractivity contribution is 5.75. The largest absolute Gasteiger partial charge is 0.481 e. The second-order valence-corrected chi connectivity index (χ2v) is 5.29. The molecule has 0 aromatic heterocycles. The number of carboxylic acid groups (broad SMARTS) is 1. The van der Waals surface area contributed by atoms with Gasteiger partial charge in [-0.25, -0.2) is 4.79 Å². The van der Waals surface area contributed by atoms with Crippen LogP contribution in [0.5, 0.6) is 0 Å². The van der Waals surface area contributed by atoms with Gasteiger partial charge in [0.05, 0.1) is 12.5 Å². The molecule has 0 bridgehead atoms. The fourth-order valence-corrected chi connectivity index (χ4v) is 1.43. The summed E-state index contributed by atoms with van der Waals surface area (Å²) in [6.07, 6.45) is 0. The highest BCUT2D eigenvalue weighted by Gasteiger charge is 2.21. The molecular weight excluding hydrogens is 248 g/mol. The Morgan fingerprint density at radius 2 is 1.79 bits per heavy atom. The van der Waals surface area contributed by atoms with Crippen LogP contribution < -0.4 is 10.6 Å². The van der Waals surface area contributed by atoms with Gasteiger partial charge in [0.25, 0.3) is 0 Å². The normalized spacial score (nSPS) is 12.5. The molecule has 0 heterocycles. The van der Waals surface area contributed by atoms with Crippen LogP contribution in [0.1, 0.15) is 27.7 Å². The molecule has 1 atom stereocenters. The molecule has 2 amide bonds. The van der Waals surface area contributed by atoms with Crippen LogP contribution in [0.4, 0.5) is 4.79 Å². The average Bonchev–Trinajstić information content (AvgIpc) is 2.27. The lowest BCUT2D eigenvalue weighted by Crippen LogP contribution is -2.42. The maximum Gasteiger partial charge on any atom is 0.314 e. The smallest absolute Gasteiger partial charge is 0.314 e. The van der Waals surface area contributed by atoms with E-state index in [1.165, 1.54) is 0 Å². The number of carboxylic acids is 1. The van der Waals surface area contributed by atoms with E-state index in [-0.39, 0.29) is 18.5 Å². The number of ether oxygens (including phenoxy) is 1. The van der Waals surface area contributed by atoms with E-state index in [1.807, 2.05) is 13.8 Å². The van der Waals surface area contributed by atoms with E-state index in [1.54, 1.807) is 0 Å². The number of carbonyl (C=O) groups is 2. The molecule has 3 N–H and O–H groups in total. The van der Waals surface area contributed by atoms with Gasteiger partial charge in [0.1, 0.15) is 0 Å². The van der Waals surface area contributed by atoms with Gasteiger partial charge in [-0.05, 0) is 11.8 Å². The van der Waals surface area contributed by atoms with Gasteiger partial charge in [0.15, 0.2) is 0 Å². The maximum absolute atomic E-state index is 11.4. The molecule has 0 aromatic rings. The number of aliphatic carboxylic acids is 1. The Morgan fingerprint density at radius 3 is 2.26 bits per heavy atom. The maximum atomic E-state index is 11.4. The number of nitrogens with one attached hydrogen (secondary N) is 2. The summed E-state index contributed by atoms with van der Waals surface area (Å²) in [5.74, 6) is -1.01. The summed E-state index contributed by atoms with van der Waals surface area (Å²) < 4.78 is 5.31. The van der Waals surface area contributed by atoms with Crippen LogP contribution in [0.3, 0.4) is 0 Å². The summed E-state index contributed by atoms with van der Waals surface area (Å²) in [6, 6.07) is -0.361. The first-order chi connectivity index (χ1) is 8.84. The van der Waals surface area contributed by atoms with Gasteiger partial charge >= 0.3 is 12.0 Å². The summed E-state index contributed by atoms with van der Waals surface area (Å²) in [7, 11) is 0. The van der Waals surface area contributed by atoms with Crippen LogP contribution >= 0.6 is 0 Å². The van der Waals surface area contributed by atoms with Gasteiger partial charge in [0.2, 0.25) is 0 Å². The standard InChI is InChI=1S/C13H26N2O4/c1-9(2)8-19-6-5-14-13(18)15-7-11(10(3)4)12(16)17/h9-11H,5-8H2,1-4H3,(H,16,17)(H2,14,15,18). The van der Waals surface area contributed by atoms with Crippen molar-refractivity contribution in [3.8, 4) is 0 Å². The van der Waals surface area contributed by atoms with E-state index in [0.29, 0.717) is 25.7 Å². The molecule has 0 aliphatic rings. The van der Waals surface area contributed by atoms with Crippen molar-refractivity contribution in [1.29, 1.82) is 0 Å². The predicted octanol–water partition coefficient (Wildman–Crippen LogP) is 1.31. The minimum atomic E-state index is -0.893. The van der Waals surface area contributed by atoms with Gasteiger partial charge < -0.3 is 20.5 Å². The van der Waals surface area contributed by atoms with Gasteiger partial charge in [-0.2, -0.15) is 0 Å². The van der Waals surface area contributed by atoms with Crippen LogP contribution in [0.15, 0.2) is 0 Å². The molecule has 19 heavy (non-hydrogen) atoms. The highest BCUT2D eigenvalue weighted by Crippen LogP contribution is 2.09. The molecule has 0 aliphatic heterocycles. The van der Waals surface area contributed by atoms with Crippen molar-refractivity contribution in [2.24, 2.45) is 17.8 Å². The average molecular weight is 274 g/mol. The van der Waals surface area contributed by atoms with Crippen molar-refractivity contribution >= 4 is 12.0 Å². The van der Waals surface area contributed by atoms with E-state index in [0.717, 1.165) is 0 Å². The molecule has 6 nitrogen and oxygen atoms in total. The third kappa shape index (κ3) is 9.30. The number of carbonyl (C=O) groups excluding carboxylic acids is 1. The van der Waals surface area contributed by atoms with E-state index in [9.17, 15) is 9.59 Å². The summed E-state index contributed by atoms with van der Waals surface area (Å²) >= 11 is 0. The van der Waals surface area contributed by atoms with Crippen molar-refractivity contribution in [3.63, 3.8) is 0 Å². The van der Waals surface area contributed by atoms with Crippen LogP contribution in [0.2, 0.25) is 0 Å². The first-order valence-corrected chi connectivity index (χ1v) is 6.66. The fourth-order valence-electron chi connectivity index (χ4n) is 1.43. The molecule has 6 heteroatoms. The summed E-state index contributed by atoms with van der Waals surface area (Å²) in [6.45, 7) is 9.41. The zero-order valence-electron chi connectivity index (χ0n) is 12.2. The Hall–Kier alpha value is -1.30. The van der Waals surface area contributed by atoms with Crippen molar-refractivity contribution in [2.45, 2.75) is 27.7 Å². The molecular formula is C13H26N2O4. The van der Waals surface area contributed by atoms with Gasteiger partial charge in [-0.1, -0.05) is 27.7 Å². The molecule has 0 saturated heterocycles. The third-order valence-electron chi connectivity index (χ3n) is 2.59. The SMILES string of the molecule is CC(C)COCCNC(=O)NCC(C(=O)O)C(C)C. The Labute approximate surface area is 114 Å². The summed E-state index contributed by atoms with van der Waals surface area (Å²) in [5.41, 5.74) is 0. The first-order valence-electron chi connectivity index (χ1n) is 6.66. The Morgan fingerprint density at radius 1 is 1.16 bits per heavy atom. The molecule has 0 fully saturated rings. The molecule has 0 spiro atoms. The Balaban J connectivity index is 3.71. The molecule has 0 radical (unpaired) electrons. The summed E-state index contributed by atoms with van der Waals surface area (Å²) in [4.78, 5) is 22.3. The monoisotopic (exact) mass is 274 g/mol. The minimum absolute atomic E-state index is 0.0211. The number of hydrogen-bond acceptors (Lipinski definition) is 3. The summed E-state index contributed by atoms with van der Waals surface area (Å²) in [5, 5.41) is 14.1. The van der Waals surface area contributed by atoms with Crippen molar-refractivity contribution < 1.29 is 19.4 Å².